The number of carbonyl (C=O) groups is 2. The zero-order chi connectivity index (χ0) is 18.8. The van der Waals surface area contributed by atoms with Crippen LogP contribution in [0.25, 0.3) is 0 Å². The standard InChI is InChI=1S/C18H22N6O2S/c1-11-4-2-3-5-14(11)17(26)20-19-16(25)10-27-18-21-22-23-24(18)15-9-12-6-7-13(15)8-12/h2-5,12-13,15H,6-10H2,1H3,(H,19,25)(H,20,26)/t12-,13-,15+/m0/s1. The number of carbonyl (C=O) groups excluding carboxylic acids is 2. The van der Waals surface area contributed by atoms with Gasteiger partial charge in [-0.25, -0.2) is 4.68 Å². The number of amides is 2. The number of nitrogens with one attached hydrogen (secondary N) is 2. The molecule has 2 N–H and O–H groups in total. The summed E-state index contributed by atoms with van der Waals surface area (Å²) in [6, 6.07) is 7.57. The van der Waals surface area contributed by atoms with Gasteiger partial charge in [0.25, 0.3) is 5.91 Å². The fraction of sp³-hybridized carbons (Fsp3) is 0.500. The Labute approximate surface area is 161 Å². The summed E-state index contributed by atoms with van der Waals surface area (Å²) < 4.78 is 1.88. The summed E-state index contributed by atoms with van der Waals surface area (Å²) in [6.07, 6.45) is 4.95. The number of rotatable bonds is 5. The van der Waals surface area contributed by atoms with E-state index in [1.54, 1.807) is 12.1 Å². The van der Waals surface area contributed by atoms with E-state index >= 15 is 0 Å². The maximum Gasteiger partial charge on any atom is 0.269 e. The van der Waals surface area contributed by atoms with Gasteiger partial charge in [-0.2, -0.15) is 0 Å². The first-order chi connectivity index (χ1) is 13.1. The van der Waals surface area contributed by atoms with E-state index in [1.807, 2.05) is 23.7 Å². The Bertz CT molecular complexity index is 854. The number of hydrazine groups is 1. The Morgan fingerprint density at radius 2 is 2.07 bits per heavy atom. The maximum absolute atomic E-state index is 12.1. The first kappa shape index (κ1) is 18.0. The zero-order valence-corrected chi connectivity index (χ0v) is 15.9. The molecule has 4 rings (SSSR count). The largest absolute Gasteiger partial charge is 0.272 e. The van der Waals surface area contributed by atoms with Crippen molar-refractivity contribution in [2.24, 2.45) is 11.8 Å². The summed E-state index contributed by atoms with van der Waals surface area (Å²) in [5.41, 5.74) is 6.28. The predicted octanol–water partition coefficient (Wildman–Crippen LogP) is 1.90. The Morgan fingerprint density at radius 3 is 2.81 bits per heavy atom. The lowest BCUT2D eigenvalue weighted by Crippen LogP contribution is -2.42. The van der Waals surface area contributed by atoms with Gasteiger partial charge in [0.15, 0.2) is 0 Å². The molecule has 2 aliphatic carbocycles. The summed E-state index contributed by atoms with van der Waals surface area (Å²) in [4.78, 5) is 24.2. The Kier molecular flexibility index (Phi) is 5.11. The van der Waals surface area contributed by atoms with Gasteiger partial charge in [-0.3, -0.25) is 20.4 Å². The van der Waals surface area contributed by atoms with Crippen LogP contribution in [0.4, 0.5) is 0 Å². The number of thioether (sulfide) groups is 1. The second-order valence-electron chi connectivity index (χ2n) is 7.25. The van der Waals surface area contributed by atoms with E-state index in [0.29, 0.717) is 22.7 Å². The highest BCUT2D eigenvalue weighted by Crippen LogP contribution is 2.50. The summed E-state index contributed by atoms with van der Waals surface area (Å²) in [6.45, 7) is 1.85. The van der Waals surface area contributed by atoms with E-state index in [4.69, 9.17) is 0 Å². The van der Waals surface area contributed by atoms with Gasteiger partial charge in [0.1, 0.15) is 0 Å². The van der Waals surface area contributed by atoms with Crippen molar-refractivity contribution in [3.05, 3.63) is 35.4 Å². The normalized spacial score (nSPS) is 23.4. The van der Waals surface area contributed by atoms with Gasteiger partial charge in [0.2, 0.25) is 11.1 Å². The van der Waals surface area contributed by atoms with Crippen molar-refractivity contribution in [1.82, 2.24) is 31.1 Å². The molecule has 0 unspecified atom stereocenters. The van der Waals surface area contributed by atoms with Gasteiger partial charge >= 0.3 is 0 Å². The minimum Gasteiger partial charge on any atom is -0.272 e. The van der Waals surface area contributed by atoms with Gasteiger partial charge in [-0.1, -0.05) is 36.4 Å². The molecule has 0 saturated heterocycles. The van der Waals surface area contributed by atoms with E-state index in [9.17, 15) is 9.59 Å². The van der Waals surface area contributed by atoms with Gasteiger partial charge in [-0.05, 0) is 60.1 Å². The molecule has 1 aromatic carbocycles. The molecule has 2 fully saturated rings. The summed E-state index contributed by atoms with van der Waals surface area (Å²) >= 11 is 1.29. The van der Waals surface area contributed by atoms with Crippen LogP contribution in [0, 0.1) is 18.8 Å². The van der Waals surface area contributed by atoms with E-state index in [0.717, 1.165) is 17.9 Å². The molecule has 142 valence electrons. The third-order valence-electron chi connectivity index (χ3n) is 5.52. The zero-order valence-electron chi connectivity index (χ0n) is 15.1. The number of benzene rings is 1. The molecule has 9 heteroatoms. The molecule has 1 aromatic heterocycles. The van der Waals surface area contributed by atoms with Crippen molar-refractivity contribution >= 4 is 23.6 Å². The molecule has 0 spiro atoms. The Hall–Kier alpha value is -2.42. The highest BCUT2D eigenvalue weighted by Gasteiger charge is 2.42. The number of fused-ring (bicyclic) bond motifs is 2. The van der Waals surface area contributed by atoms with E-state index in [1.165, 1.54) is 31.0 Å². The molecule has 8 nitrogen and oxygen atoms in total. The number of aromatic nitrogens is 4. The molecule has 0 radical (unpaired) electrons. The number of tetrazole rings is 1. The van der Waals surface area contributed by atoms with Gasteiger partial charge in [-0.15, -0.1) is 5.10 Å². The fourth-order valence-corrected chi connectivity index (χ4v) is 4.92. The van der Waals surface area contributed by atoms with E-state index in [2.05, 4.69) is 26.4 Å². The van der Waals surface area contributed by atoms with Crippen LogP contribution < -0.4 is 10.9 Å². The van der Waals surface area contributed by atoms with Gasteiger partial charge < -0.3 is 0 Å². The summed E-state index contributed by atoms with van der Waals surface area (Å²) in [5.74, 6) is 0.944. The molecule has 2 amide bonds. The van der Waals surface area contributed by atoms with Crippen molar-refractivity contribution < 1.29 is 9.59 Å². The SMILES string of the molecule is Cc1ccccc1C(=O)NNC(=O)CSc1nnnn1[C@@H]1C[C@H]2CC[C@H]1C2. The van der Waals surface area contributed by atoms with Crippen LogP contribution in [-0.2, 0) is 4.79 Å². The van der Waals surface area contributed by atoms with Crippen LogP contribution in [0.1, 0.15) is 47.6 Å². The Balaban J connectivity index is 1.28. The lowest BCUT2D eigenvalue weighted by atomic mass is 9.96. The van der Waals surface area contributed by atoms with E-state index < -0.39 is 0 Å². The number of hydrogen-bond acceptors (Lipinski definition) is 6. The van der Waals surface area contributed by atoms with Crippen LogP contribution in [0.3, 0.4) is 0 Å². The molecule has 2 aromatic rings. The summed E-state index contributed by atoms with van der Waals surface area (Å²) in [5, 5.41) is 12.7. The number of hydrogen-bond donors (Lipinski definition) is 2. The predicted molar refractivity (Wildman–Crippen MR) is 99.8 cm³/mol. The average Bonchev–Trinajstić information content (AvgIpc) is 3.41. The van der Waals surface area contributed by atoms with Crippen molar-refractivity contribution in [3.63, 3.8) is 0 Å². The van der Waals surface area contributed by atoms with Crippen LogP contribution in [0.2, 0.25) is 0 Å². The lowest BCUT2D eigenvalue weighted by molar-refractivity contribution is -0.119. The van der Waals surface area contributed by atoms with Crippen LogP contribution in [0.5, 0.6) is 0 Å². The second kappa shape index (κ2) is 7.67. The first-order valence-corrected chi connectivity index (χ1v) is 10.2. The minimum absolute atomic E-state index is 0.134. The monoisotopic (exact) mass is 386 g/mol. The van der Waals surface area contributed by atoms with E-state index in [-0.39, 0.29) is 17.6 Å². The smallest absolute Gasteiger partial charge is 0.269 e. The molecule has 1 heterocycles. The quantitative estimate of drug-likeness (QED) is 0.601. The van der Waals surface area contributed by atoms with Crippen molar-refractivity contribution in [1.29, 1.82) is 0 Å². The number of aryl methyl sites for hydroxylation is 1. The summed E-state index contributed by atoms with van der Waals surface area (Å²) in [7, 11) is 0. The topological polar surface area (TPSA) is 102 Å². The van der Waals surface area contributed by atoms with Crippen molar-refractivity contribution in [3.8, 4) is 0 Å². The molecule has 0 aliphatic heterocycles. The Morgan fingerprint density at radius 1 is 1.22 bits per heavy atom. The molecule has 2 bridgehead atoms. The highest BCUT2D eigenvalue weighted by molar-refractivity contribution is 7.99. The molecular weight excluding hydrogens is 364 g/mol. The number of nitrogens with zero attached hydrogens (tertiary/aromatic N) is 4. The third-order valence-corrected chi connectivity index (χ3v) is 6.45. The van der Waals surface area contributed by atoms with Crippen LogP contribution in [-0.4, -0.2) is 37.8 Å². The third kappa shape index (κ3) is 3.83. The fourth-order valence-electron chi connectivity index (χ4n) is 4.19. The maximum atomic E-state index is 12.1. The minimum atomic E-state index is -0.335. The second-order valence-corrected chi connectivity index (χ2v) is 8.20. The van der Waals surface area contributed by atoms with Crippen LogP contribution in [0.15, 0.2) is 29.4 Å². The van der Waals surface area contributed by atoms with Crippen LogP contribution >= 0.6 is 11.8 Å². The average molecular weight is 386 g/mol. The molecule has 2 aliphatic rings. The molecular formula is C18H22N6O2S. The van der Waals surface area contributed by atoms with Gasteiger partial charge in [0, 0.05) is 5.56 Å². The van der Waals surface area contributed by atoms with Crippen molar-refractivity contribution in [2.75, 3.05) is 5.75 Å². The van der Waals surface area contributed by atoms with Crippen molar-refractivity contribution in [2.45, 2.75) is 43.8 Å². The molecule has 3 atom stereocenters. The lowest BCUT2D eigenvalue weighted by Gasteiger charge is -2.22. The first-order valence-electron chi connectivity index (χ1n) is 9.17. The van der Waals surface area contributed by atoms with Gasteiger partial charge in [0.05, 0.1) is 11.8 Å². The molecule has 27 heavy (non-hydrogen) atoms. The molecule has 2 saturated carbocycles. The highest BCUT2D eigenvalue weighted by atomic mass is 32.2.